The lowest BCUT2D eigenvalue weighted by atomic mass is 10.0. The number of para-hydroxylation sites is 2. The number of anilines is 3. The summed E-state index contributed by atoms with van der Waals surface area (Å²) < 4.78 is 25.3. The zero-order chi connectivity index (χ0) is 33.2. The Morgan fingerprint density at radius 2 is 0.922 bits per heavy atom. The molecule has 0 radical (unpaired) electrons. The van der Waals surface area contributed by atoms with Crippen LogP contribution in [0.4, 0.5) is 17.1 Å². The molecule has 0 saturated carbocycles. The fourth-order valence-electron chi connectivity index (χ4n) is 7.97. The minimum atomic E-state index is 0.573. The lowest BCUT2D eigenvalue weighted by Crippen LogP contribution is -2.09. The highest BCUT2D eigenvalue weighted by atomic mass is 16.4. The van der Waals surface area contributed by atoms with Gasteiger partial charge in [-0.15, -0.1) is 0 Å². The lowest BCUT2D eigenvalue weighted by Gasteiger charge is -2.25. The van der Waals surface area contributed by atoms with Crippen molar-refractivity contribution in [3.05, 3.63) is 146 Å². The van der Waals surface area contributed by atoms with Crippen LogP contribution < -0.4 is 4.90 Å². The van der Waals surface area contributed by atoms with Gasteiger partial charge < -0.3 is 22.6 Å². The first-order valence-corrected chi connectivity index (χ1v) is 16.9. The molecule has 6 heteroatoms. The van der Waals surface area contributed by atoms with Gasteiger partial charge in [-0.3, -0.25) is 0 Å². The molecule has 12 aromatic rings. The van der Waals surface area contributed by atoms with E-state index in [1.807, 2.05) is 60.7 Å². The number of oxazole rings is 1. The van der Waals surface area contributed by atoms with E-state index < -0.39 is 0 Å². The molecule has 0 bridgehead atoms. The molecule has 0 atom stereocenters. The topological polar surface area (TPSA) is 68.7 Å². The molecule has 0 amide bonds. The van der Waals surface area contributed by atoms with Gasteiger partial charge in [-0.05, 0) is 78.9 Å². The van der Waals surface area contributed by atoms with Crippen molar-refractivity contribution in [2.75, 3.05) is 4.90 Å². The largest absolute Gasteiger partial charge is 0.456 e. The average Bonchev–Trinajstić information content (AvgIpc) is 3.96. The van der Waals surface area contributed by atoms with Crippen LogP contribution in [0, 0.1) is 0 Å². The monoisotopic (exact) mass is 656 g/mol. The van der Waals surface area contributed by atoms with E-state index in [0.717, 1.165) is 110 Å². The van der Waals surface area contributed by atoms with Crippen LogP contribution in [0.5, 0.6) is 0 Å². The molecule has 12 rings (SSSR count). The molecule has 0 aliphatic rings. The molecule has 0 spiro atoms. The highest BCUT2D eigenvalue weighted by Gasteiger charge is 2.22. The van der Waals surface area contributed by atoms with E-state index in [2.05, 4.69) is 89.8 Å². The summed E-state index contributed by atoms with van der Waals surface area (Å²) in [5.74, 6) is 0.573. The maximum atomic E-state index is 6.58. The van der Waals surface area contributed by atoms with Crippen molar-refractivity contribution in [3.8, 4) is 11.5 Å². The van der Waals surface area contributed by atoms with Gasteiger partial charge in [-0.2, -0.15) is 0 Å². The molecule has 8 aromatic carbocycles. The summed E-state index contributed by atoms with van der Waals surface area (Å²) >= 11 is 0. The van der Waals surface area contributed by atoms with E-state index in [1.165, 1.54) is 0 Å². The first kappa shape index (κ1) is 26.9. The van der Waals surface area contributed by atoms with Gasteiger partial charge in [-0.1, -0.05) is 60.7 Å². The van der Waals surface area contributed by atoms with Crippen LogP contribution >= 0.6 is 0 Å². The van der Waals surface area contributed by atoms with Gasteiger partial charge in [0.2, 0.25) is 5.89 Å². The van der Waals surface area contributed by atoms with Gasteiger partial charge in [-0.25, -0.2) is 4.98 Å². The Morgan fingerprint density at radius 1 is 0.373 bits per heavy atom. The Bertz CT molecular complexity index is 3240. The predicted octanol–water partition coefficient (Wildman–Crippen LogP) is 13.3. The van der Waals surface area contributed by atoms with Gasteiger partial charge in [0, 0.05) is 71.8 Å². The minimum absolute atomic E-state index is 0.573. The van der Waals surface area contributed by atoms with E-state index in [-0.39, 0.29) is 0 Å². The second-order valence-electron chi connectivity index (χ2n) is 13.1. The summed E-state index contributed by atoms with van der Waals surface area (Å²) in [6, 6.07) is 49.7. The Labute approximate surface area is 288 Å². The molecule has 238 valence electrons. The van der Waals surface area contributed by atoms with Gasteiger partial charge in [0.15, 0.2) is 5.58 Å². The number of furan rings is 3. The third kappa shape index (κ3) is 3.73. The Balaban J connectivity index is 1.03. The van der Waals surface area contributed by atoms with Crippen molar-refractivity contribution in [3.63, 3.8) is 0 Å². The molecular weight excluding hydrogens is 633 g/mol. The Morgan fingerprint density at radius 3 is 1.73 bits per heavy atom. The van der Waals surface area contributed by atoms with Crippen LogP contribution in [-0.4, -0.2) is 4.98 Å². The van der Waals surface area contributed by atoms with Crippen molar-refractivity contribution in [1.82, 2.24) is 4.98 Å². The molecule has 0 fully saturated rings. The van der Waals surface area contributed by atoms with Gasteiger partial charge >= 0.3 is 0 Å². The Hall–Kier alpha value is -7.05. The quantitative estimate of drug-likeness (QED) is 0.176. The van der Waals surface area contributed by atoms with Crippen LogP contribution in [-0.2, 0) is 0 Å². The zero-order valence-corrected chi connectivity index (χ0v) is 26.9. The van der Waals surface area contributed by atoms with Crippen LogP contribution in [0.2, 0.25) is 0 Å². The SMILES string of the molecule is c1ccc2c(c1)oc1cc(N(c3ccc(-c4nc5c6cccc7oc8cccc(c5o4)c8c76)cc3)c3ccc4oc5ccccc5c4c3)ccc12. The van der Waals surface area contributed by atoms with Gasteiger partial charge in [0.25, 0.3) is 0 Å². The molecule has 0 saturated heterocycles. The molecule has 0 N–H and O–H groups in total. The molecule has 51 heavy (non-hydrogen) atoms. The highest BCUT2D eigenvalue weighted by Crippen LogP contribution is 2.45. The van der Waals surface area contributed by atoms with Crippen molar-refractivity contribution >= 4 is 105 Å². The number of hydrogen-bond acceptors (Lipinski definition) is 6. The normalized spacial score (nSPS) is 12.3. The van der Waals surface area contributed by atoms with E-state index in [0.29, 0.717) is 5.89 Å². The maximum absolute atomic E-state index is 6.58. The smallest absolute Gasteiger partial charge is 0.227 e. The fraction of sp³-hybridized carbons (Fsp3) is 0. The molecular formula is C45H24N2O4. The van der Waals surface area contributed by atoms with Crippen LogP contribution in [0.3, 0.4) is 0 Å². The summed E-state index contributed by atoms with van der Waals surface area (Å²) in [4.78, 5) is 7.32. The van der Waals surface area contributed by atoms with Crippen molar-refractivity contribution in [2.24, 2.45) is 0 Å². The number of hydrogen-bond donors (Lipinski definition) is 0. The molecule has 4 aromatic heterocycles. The first-order valence-electron chi connectivity index (χ1n) is 16.9. The minimum Gasteiger partial charge on any atom is -0.456 e. The van der Waals surface area contributed by atoms with Crippen molar-refractivity contribution < 1.29 is 17.7 Å². The summed E-state index contributed by atoms with van der Waals surface area (Å²) in [5.41, 5.74) is 10.6. The third-order valence-electron chi connectivity index (χ3n) is 10.3. The summed E-state index contributed by atoms with van der Waals surface area (Å²) in [5, 5.41) is 8.53. The summed E-state index contributed by atoms with van der Waals surface area (Å²) in [6.45, 7) is 0. The third-order valence-corrected chi connectivity index (χ3v) is 10.3. The molecule has 0 aliphatic heterocycles. The summed E-state index contributed by atoms with van der Waals surface area (Å²) in [7, 11) is 0. The predicted molar refractivity (Wildman–Crippen MR) is 205 cm³/mol. The molecule has 0 unspecified atom stereocenters. The first-order chi connectivity index (χ1) is 25.2. The number of rotatable bonds is 4. The Kier molecular flexibility index (Phi) is 5.14. The lowest BCUT2D eigenvalue weighted by molar-refractivity contribution is 0.623. The van der Waals surface area contributed by atoms with E-state index in [1.54, 1.807) is 0 Å². The maximum Gasteiger partial charge on any atom is 0.227 e. The van der Waals surface area contributed by atoms with Gasteiger partial charge in [0.05, 0.1) is 0 Å². The second-order valence-corrected chi connectivity index (χ2v) is 13.1. The standard InChI is InChI=1S/C45H24N2O4/c1-3-11-35-29(7-1)31-21-19-28(24-40(31)49-35)47(27-20-22-37-34(23-27)30-8-2-4-12-36(30)48-37)26-17-15-25(16-18-26)45-46-43-32-9-5-13-38-41(32)42-33(44(43)51-45)10-6-14-39(42)50-38/h1-24H. The number of nitrogens with zero attached hydrogens (tertiary/aromatic N) is 2. The molecule has 0 aliphatic carbocycles. The zero-order valence-electron chi connectivity index (χ0n) is 26.9. The number of fused-ring (bicyclic) bond motifs is 9. The number of benzene rings is 8. The van der Waals surface area contributed by atoms with Crippen molar-refractivity contribution in [2.45, 2.75) is 0 Å². The number of aromatic nitrogens is 1. The molecule has 4 heterocycles. The second kappa shape index (κ2) is 9.77. The van der Waals surface area contributed by atoms with Crippen LogP contribution in [0.15, 0.2) is 163 Å². The summed E-state index contributed by atoms with van der Waals surface area (Å²) in [6.07, 6.45) is 0. The highest BCUT2D eigenvalue weighted by molar-refractivity contribution is 6.31. The van der Waals surface area contributed by atoms with E-state index in [4.69, 9.17) is 22.7 Å². The van der Waals surface area contributed by atoms with Crippen LogP contribution in [0.25, 0.3) is 99.1 Å². The fourth-order valence-corrected chi connectivity index (χ4v) is 7.97. The van der Waals surface area contributed by atoms with E-state index >= 15 is 0 Å². The van der Waals surface area contributed by atoms with E-state index in [9.17, 15) is 0 Å². The average molecular weight is 657 g/mol. The molecule has 6 nitrogen and oxygen atoms in total. The van der Waals surface area contributed by atoms with Crippen LogP contribution in [0.1, 0.15) is 0 Å². The van der Waals surface area contributed by atoms with Crippen molar-refractivity contribution in [1.29, 1.82) is 0 Å². The van der Waals surface area contributed by atoms with Gasteiger partial charge in [0.1, 0.15) is 39.0 Å².